The lowest BCUT2D eigenvalue weighted by Gasteiger charge is -2.29. The summed E-state index contributed by atoms with van der Waals surface area (Å²) in [6.45, 7) is 6.01. The molecule has 0 aliphatic heterocycles. The summed E-state index contributed by atoms with van der Waals surface area (Å²) in [5, 5.41) is 3.41. The summed E-state index contributed by atoms with van der Waals surface area (Å²) in [7, 11) is 0. The maximum absolute atomic E-state index is 14.6. The second-order valence-corrected chi connectivity index (χ2v) is 6.63. The molecule has 3 aromatic rings. The van der Waals surface area contributed by atoms with Crippen molar-refractivity contribution in [1.82, 2.24) is 15.0 Å². The number of benzene rings is 1. The molecule has 0 saturated heterocycles. The van der Waals surface area contributed by atoms with Crippen molar-refractivity contribution in [3.8, 4) is 0 Å². The molecule has 1 N–H and O–H groups in total. The van der Waals surface area contributed by atoms with E-state index in [1.54, 1.807) is 12.3 Å². The molecule has 1 aliphatic rings. The van der Waals surface area contributed by atoms with Crippen LogP contribution in [0.1, 0.15) is 49.6 Å². The van der Waals surface area contributed by atoms with Crippen molar-refractivity contribution in [2.75, 3.05) is 5.32 Å². The molecule has 5 heteroatoms. The molecule has 0 fully saturated rings. The van der Waals surface area contributed by atoms with Crippen molar-refractivity contribution >= 4 is 22.5 Å². The van der Waals surface area contributed by atoms with Crippen LogP contribution >= 0.6 is 0 Å². The topological polar surface area (TPSA) is 50.7 Å². The van der Waals surface area contributed by atoms with Crippen LogP contribution in [0, 0.1) is 24.9 Å². The van der Waals surface area contributed by atoms with Crippen molar-refractivity contribution in [2.24, 2.45) is 0 Å². The molecular weight excluding hydrogens is 327 g/mol. The summed E-state index contributed by atoms with van der Waals surface area (Å²) in [4.78, 5) is 13.2. The summed E-state index contributed by atoms with van der Waals surface area (Å²) in [6, 6.07) is 11.1. The van der Waals surface area contributed by atoms with E-state index in [1.165, 1.54) is 11.6 Å². The SMILES string of the molecule is CCC1CC(C)=C(Nc2nc(C)nc3c#ccnc23)c2cccc(F)c21. The van der Waals surface area contributed by atoms with Crippen LogP contribution in [0.25, 0.3) is 16.7 Å². The van der Waals surface area contributed by atoms with E-state index < -0.39 is 0 Å². The molecule has 4 rings (SSSR count). The third kappa shape index (κ3) is 2.68. The van der Waals surface area contributed by atoms with E-state index in [0.717, 1.165) is 29.7 Å². The van der Waals surface area contributed by atoms with Gasteiger partial charge in [-0.05, 0) is 56.4 Å². The molecule has 2 heterocycles. The summed E-state index contributed by atoms with van der Waals surface area (Å²) >= 11 is 0. The van der Waals surface area contributed by atoms with Gasteiger partial charge < -0.3 is 5.32 Å². The fourth-order valence-corrected chi connectivity index (χ4v) is 3.68. The molecule has 0 bridgehead atoms. The van der Waals surface area contributed by atoms with Crippen molar-refractivity contribution in [2.45, 2.75) is 39.5 Å². The van der Waals surface area contributed by atoms with Crippen molar-refractivity contribution in [3.05, 3.63) is 64.9 Å². The predicted molar refractivity (Wildman–Crippen MR) is 100 cm³/mol. The Balaban J connectivity index is 1.86. The largest absolute Gasteiger partial charge is 0.338 e. The molecule has 26 heavy (non-hydrogen) atoms. The Kier molecular flexibility index (Phi) is 4.04. The molecule has 4 nitrogen and oxygen atoms in total. The standard InChI is InChI=1S/C21H19FN4/c1-4-14-11-12(2)19(15-7-5-8-16(22)18(14)15)26-21-20-17(9-6-10-23-20)24-13(3)25-21/h5,7-8,10,14H,4,11H2,1-3H3,(H,24,25,26). The number of nitrogens with zero attached hydrogens (tertiary/aromatic N) is 3. The first-order valence-electron chi connectivity index (χ1n) is 8.76. The second-order valence-electron chi connectivity index (χ2n) is 6.63. The molecule has 1 aromatic carbocycles. The lowest BCUT2D eigenvalue weighted by atomic mass is 9.80. The summed E-state index contributed by atoms with van der Waals surface area (Å²) in [6.07, 6.45) is 3.28. The van der Waals surface area contributed by atoms with Gasteiger partial charge in [-0.25, -0.2) is 19.3 Å². The first-order valence-corrected chi connectivity index (χ1v) is 8.76. The van der Waals surface area contributed by atoms with Gasteiger partial charge in [-0.1, -0.05) is 19.1 Å². The van der Waals surface area contributed by atoms with Crippen LogP contribution in [0.2, 0.25) is 0 Å². The fourth-order valence-electron chi connectivity index (χ4n) is 3.68. The number of halogens is 1. The molecule has 1 atom stereocenters. The minimum absolute atomic E-state index is 0.147. The zero-order valence-corrected chi connectivity index (χ0v) is 15.0. The van der Waals surface area contributed by atoms with Gasteiger partial charge in [0, 0.05) is 16.8 Å². The van der Waals surface area contributed by atoms with Gasteiger partial charge >= 0.3 is 0 Å². The highest BCUT2D eigenvalue weighted by Crippen LogP contribution is 2.41. The minimum atomic E-state index is -0.147. The number of allylic oxidation sites excluding steroid dienone is 1. The van der Waals surface area contributed by atoms with E-state index in [9.17, 15) is 4.39 Å². The van der Waals surface area contributed by atoms with Gasteiger partial charge in [0.05, 0.1) is 6.20 Å². The van der Waals surface area contributed by atoms with Crippen molar-refractivity contribution in [3.63, 3.8) is 0 Å². The van der Waals surface area contributed by atoms with E-state index in [0.29, 0.717) is 22.7 Å². The molecule has 130 valence electrons. The van der Waals surface area contributed by atoms with E-state index in [2.05, 4.69) is 46.2 Å². The number of fused-ring (bicyclic) bond motifs is 2. The first kappa shape index (κ1) is 16.5. The normalized spacial score (nSPS) is 16.4. The molecule has 0 radical (unpaired) electrons. The van der Waals surface area contributed by atoms with Crippen molar-refractivity contribution in [1.29, 1.82) is 0 Å². The van der Waals surface area contributed by atoms with Crippen molar-refractivity contribution < 1.29 is 4.39 Å². The number of hydrogen-bond donors (Lipinski definition) is 1. The Morgan fingerprint density at radius 2 is 2.12 bits per heavy atom. The predicted octanol–water partition coefficient (Wildman–Crippen LogP) is 4.81. The maximum Gasteiger partial charge on any atom is 0.161 e. The third-order valence-corrected chi connectivity index (χ3v) is 4.89. The van der Waals surface area contributed by atoms with Gasteiger partial charge in [0.15, 0.2) is 5.82 Å². The van der Waals surface area contributed by atoms with Gasteiger partial charge in [0.1, 0.15) is 22.7 Å². The van der Waals surface area contributed by atoms with Crippen LogP contribution in [-0.4, -0.2) is 15.0 Å². The highest BCUT2D eigenvalue weighted by atomic mass is 19.1. The van der Waals surface area contributed by atoms with Crippen LogP contribution < -0.4 is 5.32 Å². The average molecular weight is 346 g/mol. The summed E-state index contributed by atoms with van der Waals surface area (Å²) < 4.78 is 14.6. The zero-order valence-electron chi connectivity index (χ0n) is 15.0. The minimum Gasteiger partial charge on any atom is -0.338 e. The lowest BCUT2D eigenvalue weighted by molar-refractivity contribution is 0.558. The third-order valence-electron chi connectivity index (χ3n) is 4.89. The molecule has 0 saturated carbocycles. The highest BCUT2D eigenvalue weighted by molar-refractivity contribution is 5.91. The molecule has 2 aromatic heterocycles. The molecule has 1 unspecified atom stereocenters. The monoisotopic (exact) mass is 346 g/mol. The summed E-state index contributed by atoms with van der Waals surface area (Å²) in [5.74, 6) is 1.28. The van der Waals surface area contributed by atoms with Crippen LogP contribution in [-0.2, 0) is 0 Å². The zero-order chi connectivity index (χ0) is 18.3. The molecule has 0 amide bonds. The first-order chi connectivity index (χ1) is 12.6. The van der Waals surface area contributed by atoms with Gasteiger partial charge in [-0.3, -0.25) is 0 Å². The Labute approximate surface area is 152 Å². The lowest BCUT2D eigenvalue weighted by Crippen LogP contribution is -2.16. The van der Waals surface area contributed by atoms with E-state index in [4.69, 9.17) is 0 Å². The number of aromatic nitrogens is 3. The van der Waals surface area contributed by atoms with Crippen LogP contribution in [0.5, 0.6) is 0 Å². The van der Waals surface area contributed by atoms with Gasteiger partial charge in [0.2, 0.25) is 0 Å². The second kappa shape index (κ2) is 6.38. The van der Waals surface area contributed by atoms with Gasteiger partial charge in [-0.15, -0.1) is 0 Å². The van der Waals surface area contributed by atoms with Crippen LogP contribution in [0.3, 0.4) is 0 Å². The number of anilines is 1. The Bertz CT molecular complexity index is 1030. The Hall–Kier alpha value is -3.00. The number of nitrogens with one attached hydrogen (secondary N) is 1. The maximum atomic E-state index is 14.6. The molecule has 0 spiro atoms. The fraction of sp³-hybridized carbons (Fsp3) is 0.286. The Morgan fingerprint density at radius 3 is 2.92 bits per heavy atom. The average Bonchev–Trinajstić information content (AvgIpc) is 2.63. The molecular formula is C21H19FN4. The van der Waals surface area contributed by atoms with Crippen LogP contribution in [0.15, 0.2) is 30.0 Å². The quantitative estimate of drug-likeness (QED) is 0.739. The number of hydrogen-bond acceptors (Lipinski definition) is 4. The smallest absolute Gasteiger partial charge is 0.161 e. The molecule has 1 aliphatic carbocycles. The number of rotatable bonds is 3. The highest BCUT2D eigenvalue weighted by Gasteiger charge is 2.27. The van der Waals surface area contributed by atoms with E-state index in [-0.39, 0.29) is 11.7 Å². The van der Waals surface area contributed by atoms with Gasteiger partial charge in [-0.2, -0.15) is 0 Å². The van der Waals surface area contributed by atoms with Gasteiger partial charge in [0.25, 0.3) is 0 Å². The van der Waals surface area contributed by atoms with Crippen LogP contribution in [0.4, 0.5) is 10.2 Å². The Morgan fingerprint density at radius 1 is 1.27 bits per heavy atom. The van der Waals surface area contributed by atoms with E-state index in [1.807, 2.05) is 13.0 Å². The number of aryl methyl sites for hydroxylation is 1. The summed E-state index contributed by atoms with van der Waals surface area (Å²) in [5.41, 5.74) is 5.01. The van der Waals surface area contributed by atoms with E-state index >= 15 is 0 Å².